The summed E-state index contributed by atoms with van der Waals surface area (Å²) in [5, 5.41) is 5.73. The molecule has 0 radical (unpaired) electrons. The SMILES string of the molecule is c1cc2c(N3CCCN(c4ccc5nccn5n4)CC3)ncnc2cn1. The molecule has 0 aliphatic carbocycles. The number of nitrogens with zero attached hydrogens (tertiary/aromatic N) is 8. The van der Waals surface area contributed by atoms with E-state index in [1.165, 1.54) is 0 Å². The summed E-state index contributed by atoms with van der Waals surface area (Å²) in [7, 11) is 0. The molecule has 1 fully saturated rings. The Hall–Kier alpha value is -3.29. The number of pyridine rings is 1. The third-order valence-electron chi connectivity index (χ3n) is 4.78. The lowest BCUT2D eigenvalue weighted by molar-refractivity contribution is 0.776. The summed E-state index contributed by atoms with van der Waals surface area (Å²) in [5.41, 5.74) is 1.75. The van der Waals surface area contributed by atoms with Crippen molar-refractivity contribution in [2.24, 2.45) is 0 Å². The Balaban J connectivity index is 1.41. The molecule has 8 nitrogen and oxygen atoms in total. The first-order valence-corrected chi connectivity index (χ1v) is 8.73. The molecule has 0 unspecified atom stereocenters. The second-order valence-electron chi connectivity index (χ2n) is 6.34. The van der Waals surface area contributed by atoms with Crippen LogP contribution in [0.25, 0.3) is 16.6 Å². The summed E-state index contributed by atoms with van der Waals surface area (Å²) in [6, 6.07) is 6.04. The van der Waals surface area contributed by atoms with E-state index < -0.39 is 0 Å². The highest BCUT2D eigenvalue weighted by Gasteiger charge is 2.19. The van der Waals surface area contributed by atoms with Crippen molar-refractivity contribution in [3.63, 3.8) is 0 Å². The van der Waals surface area contributed by atoms with Gasteiger partial charge in [0, 0.05) is 50.2 Å². The topological polar surface area (TPSA) is 75.3 Å². The molecule has 1 saturated heterocycles. The summed E-state index contributed by atoms with van der Waals surface area (Å²) in [6.07, 6.45) is 9.89. The predicted molar refractivity (Wildman–Crippen MR) is 99.4 cm³/mol. The van der Waals surface area contributed by atoms with E-state index in [0.29, 0.717) is 0 Å². The van der Waals surface area contributed by atoms with Gasteiger partial charge in [0.05, 0.1) is 11.7 Å². The molecule has 1 aliphatic rings. The largest absolute Gasteiger partial charge is 0.354 e. The zero-order valence-corrected chi connectivity index (χ0v) is 14.2. The fourth-order valence-corrected chi connectivity index (χ4v) is 3.48. The maximum atomic E-state index is 4.68. The number of fused-ring (bicyclic) bond motifs is 2. The van der Waals surface area contributed by atoms with Crippen molar-refractivity contribution in [2.45, 2.75) is 6.42 Å². The van der Waals surface area contributed by atoms with Crippen molar-refractivity contribution in [2.75, 3.05) is 36.0 Å². The van der Waals surface area contributed by atoms with Gasteiger partial charge in [-0.05, 0) is 24.6 Å². The molecule has 5 rings (SSSR count). The van der Waals surface area contributed by atoms with Crippen molar-refractivity contribution >= 4 is 28.2 Å². The minimum absolute atomic E-state index is 0.867. The molecule has 5 heterocycles. The smallest absolute Gasteiger partial charge is 0.153 e. The van der Waals surface area contributed by atoms with E-state index >= 15 is 0 Å². The Morgan fingerprint density at radius 1 is 0.846 bits per heavy atom. The van der Waals surface area contributed by atoms with Gasteiger partial charge in [0.1, 0.15) is 18.0 Å². The van der Waals surface area contributed by atoms with Gasteiger partial charge in [0.2, 0.25) is 0 Å². The van der Waals surface area contributed by atoms with Gasteiger partial charge in [0.25, 0.3) is 0 Å². The molecular formula is C18H18N8. The van der Waals surface area contributed by atoms with Crippen LogP contribution in [0, 0.1) is 0 Å². The molecule has 4 aromatic rings. The number of anilines is 2. The molecule has 0 amide bonds. The van der Waals surface area contributed by atoms with E-state index in [-0.39, 0.29) is 0 Å². The summed E-state index contributed by atoms with van der Waals surface area (Å²) < 4.78 is 1.82. The first-order valence-electron chi connectivity index (χ1n) is 8.73. The molecule has 4 aromatic heterocycles. The van der Waals surface area contributed by atoms with Crippen LogP contribution in [0.2, 0.25) is 0 Å². The molecule has 0 aromatic carbocycles. The third kappa shape index (κ3) is 2.59. The van der Waals surface area contributed by atoms with Crippen LogP contribution in [-0.4, -0.2) is 55.7 Å². The minimum Gasteiger partial charge on any atom is -0.354 e. The Bertz CT molecular complexity index is 1050. The maximum absolute atomic E-state index is 4.68. The highest BCUT2D eigenvalue weighted by Crippen LogP contribution is 2.24. The van der Waals surface area contributed by atoms with E-state index in [4.69, 9.17) is 0 Å². The van der Waals surface area contributed by atoms with E-state index in [1.54, 1.807) is 24.9 Å². The van der Waals surface area contributed by atoms with Crippen LogP contribution in [-0.2, 0) is 0 Å². The van der Waals surface area contributed by atoms with Crippen LogP contribution in [0.15, 0.2) is 49.3 Å². The van der Waals surface area contributed by atoms with E-state index in [2.05, 4.69) is 34.8 Å². The van der Waals surface area contributed by atoms with Crippen molar-refractivity contribution < 1.29 is 0 Å². The fourth-order valence-electron chi connectivity index (χ4n) is 3.48. The summed E-state index contributed by atoms with van der Waals surface area (Å²) >= 11 is 0. The fraction of sp³-hybridized carbons (Fsp3) is 0.278. The van der Waals surface area contributed by atoms with Gasteiger partial charge in [-0.1, -0.05) is 0 Å². The standard InChI is InChI=1S/C18H18N8/c1-7-24(17-3-2-16-20-6-9-26(16)23-17)10-11-25(8-1)18-14-4-5-19-12-15(14)21-13-22-18/h2-6,9,12-13H,1,7-8,10-11H2. The molecule has 0 atom stereocenters. The molecule has 8 heteroatoms. The Labute approximate surface area is 150 Å². The van der Waals surface area contributed by atoms with Crippen molar-refractivity contribution in [3.05, 3.63) is 49.3 Å². The number of hydrogen-bond acceptors (Lipinski definition) is 7. The Kier molecular flexibility index (Phi) is 3.59. The van der Waals surface area contributed by atoms with Gasteiger partial charge in [-0.25, -0.2) is 19.5 Å². The van der Waals surface area contributed by atoms with E-state index in [9.17, 15) is 0 Å². The van der Waals surface area contributed by atoms with Crippen LogP contribution < -0.4 is 9.80 Å². The van der Waals surface area contributed by atoms with Crippen LogP contribution >= 0.6 is 0 Å². The molecule has 130 valence electrons. The summed E-state index contributed by atoms with van der Waals surface area (Å²) in [5.74, 6) is 1.96. The molecule has 0 saturated carbocycles. The highest BCUT2D eigenvalue weighted by molar-refractivity contribution is 5.88. The highest BCUT2D eigenvalue weighted by atomic mass is 15.3. The van der Waals surface area contributed by atoms with Gasteiger partial charge in [-0.3, -0.25) is 4.98 Å². The first kappa shape index (κ1) is 15.0. The van der Waals surface area contributed by atoms with Crippen molar-refractivity contribution in [1.82, 2.24) is 29.5 Å². The molecule has 0 spiro atoms. The monoisotopic (exact) mass is 346 g/mol. The van der Waals surface area contributed by atoms with Gasteiger partial charge in [-0.2, -0.15) is 0 Å². The van der Waals surface area contributed by atoms with Crippen LogP contribution in [0.3, 0.4) is 0 Å². The number of aromatic nitrogens is 6. The molecule has 1 aliphatic heterocycles. The average Bonchev–Trinajstić information content (AvgIpc) is 3.03. The van der Waals surface area contributed by atoms with E-state index in [0.717, 1.165) is 60.8 Å². The lowest BCUT2D eigenvalue weighted by atomic mass is 10.2. The maximum Gasteiger partial charge on any atom is 0.153 e. The molecule has 26 heavy (non-hydrogen) atoms. The van der Waals surface area contributed by atoms with Crippen LogP contribution in [0.4, 0.5) is 11.6 Å². The third-order valence-corrected chi connectivity index (χ3v) is 4.78. The van der Waals surface area contributed by atoms with E-state index in [1.807, 2.05) is 28.9 Å². The quantitative estimate of drug-likeness (QED) is 0.548. The van der Waals surface area contributed by atoms with Crippen molar-refractivity contribution in [3.8, 4) is 0 Å². The van der Waals surface area contributed by atoms with Crippen LogP contribution in [0.1, 0.15) is 6.42 Å². The molecule has 0 bridgehead atoms. The zero-order chi connectivity index (χ0) is 17.3. The average molecular weight is 346 g/mol. The zero-order valence-electron chi connectivity index (χ0n) is 14.2. The number of imidazole rings is 1. The van der Waals surface area contributed by atoms with Crippen LogP contribution in [0.5, 0.6) is 0 Å². The predicted octanol–water partition coefficient (Wildman–Crippen LogP) is 1.78. The Morgan fingerprint density at radius 2 is 1.77 bits per heavy atom. The Morgan fingerprint density at radius 3 is 2.77 bits per heavy atom. The minimum atomic E-state index is 0.867. The van der Waals surface area contributed by atoms with Crippen molar-refractivity contribution in [1.29, 1.82) is 0 Å². The first-order chi connectivity index (χ1) is 12.9. The van der Waals surface area contributed by atoms with Gasteiger partial charge < -0.3 is 9.80 Å². The lowest BCUT2D eigenvalue weighted by Crippen LogP contribution is -2.32. The summed E-state index contributed by atoms with van der Waals surface area (Å²) in [6.45, 7) is 3.70. The second-order valence-corrected chi connectivity index (χ2v) is 6.34. The normalized spacial score (nSPS) is 15.5. The molecule has 0 N–H and O–H groups in total. The summed E-state index contributed by atoms with van der Waals surface area (Å²) in [4.78, 5) is 21.9. The van der Waals surface area contributed by atoms with Gasteiger partial charge in [-0.15, -0.1) is 5.10 Å². The second kappa shape index (κ2) is 6.21. The van der Waals surface area contributed by atoms with Gasteiger partial charge >= 0.3 is 0 Å². The number of rotatable bonds is 2. The number of hydrogen-bond donors (Lipinski definition) is 0. The van der Waals surface area contributed by atoms with Gasteiger partial charge in [0.15, 0.2) is 5.65 Å². The lowest BCUT2D eigenvalue weighted by Gasteiger charge is -2.24. The molecular weight excluding hydrogens is 328 g/mol.